The summed E-state index contributed by atoms with van der Waals surface area (Å²) in [6, 6.07) is 1.72. The highest BCUT2D eigenvalue weighted by atomic mass is 16.2. The van der Waals surface area contributed by atoms with E-state index in [9.17, 15) is 4.79 Å². The van der Waals surface area contributed by atoms with E-state index >= 15 is 0 Å². The van der Waals surface area contributed by atoms with Gasteiger partial charge in [-0.25, -0.2) is 0 Å². The molecule has 0 fully saturated rings. The molecule has 1 heterocycles. The zero-order valence-electron chi connectivity index (χ0n) is 8.74. The SMILES string of the molecule is CCNC(=O)c1cc(N)nn1C(C)C. The van der Waals surface area contributed by atoms with Crippen LogP contribution in [0.15, 0.2) is 6.07 Å². The Labute approximate surface area is 83.3 Å². The highest BCUT2D eigenvalue weighted by Gasteiger charge is 2.14. The fraction of sp³-hybridized carbons (Fsp3) is 0.556. The summed E-state index contributed by atoms with van der Waals surface area (Å²) in [4.78, 5) is 11.6. The van der Waals surface area contributed by atoms with Crippen molar-refractivity contribution < 1.29 is 4.79 Å². The first-order valence-corrected chi connectivity index (χ1v) is 4.69. The van der Waals surface area contributed by atoms with Gasteiger partial charge in [0.1, 0.15) is 11.5 Å². The molecule has 0 spiro atoms. The fourth-order valence-corrected chi connectivity index (χ4v) is 1.23. The van der Waals surface area contributed by atoms with Crippen LogP contribution in [0.4, 0.5) is 5.82 Å². The van der Waals surface area contributed by atoms with Crippen molar-refractivity contribution in [3.8, 4) is 0 Å². The third-order valence-corrected chi connectivity index (χ3v) is 1.81. The van der Waals surface area contributed by atoms with Gasteiger partial charge in [0.25, 0.3) is 5.91 Å². The highest BCUT2D eigenvalue weighted by Crippen LogP contribution is 2.12. The first-order chi connectivity index (χ1) is 6.56. The lowest BCUT2D eigenvalue weighted by molar-refractivity contribution is 0.0943. The largest absolute Gasteiger partial charge is 0.382 e. The predicted molar refractivity (Wildman–Crippen MR) is 55.0 cm³/mol. The van der Waals surface area contributed by atoms with Gasteiger partial charge in [-0.2, -0.15) is 5.10 Å². The van der Waals surface area contributed by atoms with Gasteiger partial charge < -0.3 is 11.1 Å². The molecule has 0 unspecified atom stereocenters. The second-order valence-corrected chi connectivity index (χ2v) is 3.35. The van der Waals surface area contributed by atoms with Crippen LogP contribution in [-0.4, -0.2) is 22.2 Å². The van der Waals surface area contributed by atoms with E-state index in [0.717, 1.165) is 0 Å². The molecule has 0 aliphatic heterocycles. The maximum atomic E-state index is 11.6. The van der Waals surface area contributed by atoms with Crippen molar-refractivity contribution in [3.63, 3.8) is 0 Å². The van der Waals surface area contributed by atoms with Crippen LogP contribution in [0.3, 0.4) is 0 Å². The molecule has 1 rings (SSSR count). The minimum Gasteiger partial charge on any atom is -0.382 e. The molecule has 1 amide bonds. The number of hydrogen-bond donors (Lipinski definition) is 2. The van der Waals surface area contributed by atoms with Crippen molar-refractivity contribution in [2.75, 3.05) is 12.3 Å². The van der Waals surface area contributed by atoms with Gasteiger partial charge in [0.15, 0.2) is 0 Å². The fourth-order valence-electron chi connectivity index (χ4n) is 1.23. The normalized spacial score (nSPS) is 10.6. The summed E-state index contributed by atoms with van der Waals surface area (Å²) in [6.45, 7) is 6.38. The summed E-state index contributed by atoms with van der Waals surface area (Å²) in [5.41, 5.74) is 6.05. The van der Waals surface area contributed by atoms with E-state index in [1.54, 1.807) is 10.7 Å². The zero-order chi connectivity index (χ0) is 10.7. The monoisotopic (exact) mass is 196 g/mol. The van der Waals surface area contributed by atoms with Gasteiger partial charge in [0, 0.05) is 18.7 Å². The molecule has 5 nitrogen and oxygen atoms in total. The van der Waals surface area contributed by atoms with Crippen molar-refractivity contribution in [1.82, 2.24) is 15.1 Å². The molecule has 0 atom stereocenters. The molecule has 0 radical (unpaired) electrons. The van der Waals surface area contributed by atoms with Gasteiger partial charge in [-0.3, -0.25) is 9.48 Å². The molecule has 0 saturated heterocycles. The second-order valence-electron chi connectivity index (χ2n) is 3.35. The maximum Gasteiger partial charge on any atom is 0.269 e. The van der Waals surface area contributed by atoms with Gasteiger partial charge in [0.2, 0.25) is 0 Å². The number of carbonyl (C=O) groups is 1. The summed E-state index contributed by atoms with van der Waals surface area (Å²) in [5, 5.41) is 6.76. The molecule has 3 N–H and O–H groups in total. The zero-order valence-corrected chi connectivity index (χ0v) is 8.74. The third-order valence-electron chi connectivity index (χ3n) is 1.81. The Morgan fingerprint density at radius 3 is 2.86 bits per heavy atom. The summed E-state index contributed by atoms with van der Waals surface area (Å²) >= 11 is 0. The third kappa shape index (κ3) is 2.04. The lowest BCUT2D eigenvalue weighted by Gasteiger charge is -2.09. The molecule has 1 aromatic rings. The molecule has 0 saturated carbocycles. The number of anilines is 1. The molecule has 1 aromatic heterocycles. The maximum absolute atomic E-state index is 11.6. The van der Waals surface area contributed by atoms with Crippen LogP contribution < -0.4 is 11.1 Å². The number of rotatable bonds is 3. The van der Waals surface area contributed by atoms with Crippen molar-refractivity contribution >= 4 is 11.7 Å². The van der Waals surface area contributed by atoms with Crippen molar-refractivity contribution in [3.05, 3.63) is 11.8 Å². The van der Waals surface area contributed by atoms with Crippen LogP contribution in [0.5, 0.6) is 0 Å². The van der Waals surface area contributed by atoms with E-state index in [2.05, 4.69) is 10.4 Å². The van der Waals surface area contributed by atoms with Crippen LogP contribution in [0, 0.1) is 0 Å². The predicted octanol–water partition coefficient (Wildman–Crippen LogP) is 0.796. The molecule has 0 bridgehead atoms. The van der Waals surface area contributed by atoms with Crippen molar-refractivity contribution in [2.45, 2.75) is 26.8 Å². The van der Waals surface area contributed by atoms with Crippen molar-refractivity contribution in [1.29, 1.82) is 0 Å². The van der Waals surface area contributed by atoms with Crippen LogP contribution >= 0.6 is 0 Å². The molecule has 0 aromatic carbocycles. The molecule has 78 valence electrons. The topological polar surface area (TPSA) is 72.9 Å². The summed E-state index contributed by atoms with van der Waals surface area (Å²) in [7, 11) is 0. The summed E-state index contributed by atoms with van der Waals surface area (Å²) in [5.74, 6) is 0.241. The van der Waals surface area contributed by atoms with E-state index in [4.69, 9.17) is 5.73 Å². The standard InChI is InChI=1S/C9H16N4O/c1-4-11-9(14)7-5-8(10)12-13(7)6(2)3/h5-6H,4H2,1-3H3,(H2,10,12)(H,11,14). The van der Waals surface area contributed by atoms with Crippen LogP contribution in [0.1, 0.15) is 37.3 Å². The number of nitrogen functional groups attached to an aromatic ring is 1. The number of nitrogens with one attached hydrogen (secondary N) is 1. The first-order valence-electron chi connectivity index (χ1n) is 4.69. The average Bonchev–Trinajstić information content (AvgIpc) is 2.48. The number of carbonyl (C=O) groups excluding carboxylic acids is 1. The van der Waals surface area contributed by atoms with Gasteiger partial charge in [-0.15, -0.1) is 0 Å². The minimum absolute atomic E-state index is 0.130. The lowest BCUT2D eigenvalue weighted by atomic mass is 10.3. The van der Waals surface area contributed by atoms with E-state index in [-0.39, 0.29) is 11.9 Å². The molecular formula is C9H16N4O. The van der Waals surface area contributed by atoms with Crippen LogP contribution in [0.2, 0.25) is 0 Å². The Bertz CT molecular complexity index is 330. The number of hydrogen-bond acceptors (Lipinski definition) is 3. The Morgan fingerprint density at radius 2 is 2.36 bits per heavy atom. The smallest absolute Gasteiger partial charge is 0.269 e. The van der Waals surface area contributed by atoms with Gasteiger partial charge >= 0.3 is 0 Å². The number of nitrogens with two attached hydrogens (primary N) is 1. The number of amides is 1. The molecule has 5 heteroatoms. The Morgan fingerprint density at radius 1 is 1.71 bits per heavy atom. The molecular weight excluding hydrogens is 180 g/mol. The Hall–Kier alpha value is -1.52. The minimum atomic E-state index is -0.134. The van der Waals surface area contributed by atoms with Gasteiger partial charge in [-0.05, 0) is 20.8 Å². The molecule has 14 heavy (non-hydrogen) atoms. The van der Waals surface area contributed by atoms with Crippen LogP contribution in [-0.2, 0) is 0 Å². The molecule has 0 aliphatic rings. The summed E-state index contributed by atoms with van der Waals surface area (Å²) < 4.78 is 1.63. The van der Waals surface area contributed by atoms with E-state index in [1.807, 2.05) is 20.8 Å². The van der Waals surface area contributed by atoms with Crippen LogP contribution in [0.25, 0.3) is 0 Å². The average molecular weight is 196 g/mol. The number of nitrogens with zero attached hydrogens (tertiary/aromatic N) is 2. The first kappa shape index (κ1) is 10.6. The quantitative estimate of drug-likeness (QED) is 0.750. The van der Waals surface area contributed by atoms with Gasteiger partial charge in [0.05, 0.1) is 0 Å². The molecule has 0 aliphatic carbocycles. The lowest BCUT2D eigenvalue weighted by Crippen LogP contribution is -2.26. The second kappa shape index (κ2) is 4.13. The Kier molecular flexibility index (Phi) is 3.11. The number of aromatic nitrogens is 2. The van der Waals surface area contributed by atoms with E-state index in [0.29, 0.717) is 18.1 Å². The summed E-state index contributed by atoms with van der Waals surface area (Å²) in [6.07, 6.45) is 0. The highest BCUT2D eigenvalue weighted by molar-refractivity contribution is 5.93. The van der Waals surface area contributed by atoms with Crippen molar-refractivity contribution in [2.24, 2.45) is 0 Å². The van der Waals surface area contributed by atoms with Gasteiger partial charge in [-0.1, -0.05) is 0 Å². The van der Waals surface area contributed by atoms with E-state index < -0.39 is 0 Å². The van der Waals surface area contributed by atoms with E-state index in [1.165, 1.54) is 0 Å². The Balaban J connectivity index is 3.00.